The first-order valence-corrected chi connectivity index (χ1v) is 20.3. The van der Waals surface area contributed by atoms with Crippen LogP contribution in [0.25, 0.3) is 72.1 Å². The van der Waals surface area contributed by atoms with Gasteiger partial charge in [0.15, 0.2) is 5.84 Å². The van der Waals surface area contributed by atoms with Gasteiger partial charge < -0.3 is 0 Å². The van der Waals surface area contributed by atoms with Gasteiger partial charge in [-0.25, -0.2) is 4.99 Å². The van der Waals surface area contributed by atoms with Gasteiger partial charge in [-0.2, -0.15) is 0 Å². The van der Waals surface area contributed by atoms with Crippen molar-refractivity contribution >= 4 is 39.2 Å². The molecule has 2 heteroatoms. The monoisotopic (exact) mass is 754 g/mol. The Kier molecular flexibility index (Phi) is 9.03. The number of fused-ring (bicyclic) bond motifs is 5. The summed E-state index contributed by atoms with van der Waals surface area (Å²) in [6, 6.07) is 71.1. The average Bonchev–Trinajstić information content (AvgIpc) is 3.53. The summed E-state index contributed by atoms with van der Waals surface area (Å²) < 4.78 is 0. The molecular weight excluding hydrogens is 713 g/mol. The molecule has 0 unspecified atom stereocenters. The predicted molar refractivity (Wildman–Crippen MR) is 251 cm³/mol. The fourth-order valence-corrected chi connectivity index (χ4v) is 8.82. The lowest BCUT2D eigenvalue weighted by atomic mass is 9.81. The number of nitrogens with zero attached hydrogens (tertiary/aromatic N) is 1. The molecule has 1 aliphatic rings. The molecule has 0 fully saturated rings. The van der Waals surface area contributed by atoms with Crippen LogP contribution in [0.4, 0.5) is 0 Å². The van der Waals surface area contributed by atoms with Gasteiger partial charge in [-0.05, 0) is 107 Å². The van der Waals surface area contributed by atoms with E-state index >= 15 is 0 Å². The Morgan fingerprint density at radius 3 is 1.92 bits per heavy atom. The third-order valence-corrected chi connectivity index (χ3v) is 12.0. The Hall–Kier alpha value is -7.42. The first kappa shape index (κ1) is 36.0. The molecule has 0 saturated heterocycles. The maximum absolute atomic E-state index is 8.94. The largest absolute Gasteiger partial charge is 0.282 e. The number of nitrogens with one attached hydrogen (secondary N) is 1. The Morgan fingerprint density at radius 1 is 0.441 bits per heavy atom. The molecule has 1 N–H and O–H groups in total. The fraction of sp³-hybridized carbons (Fsp3) is 0.0526. The van der Waals surface area contributed by atoms with Crippen molar-refractivity contribution in [1.82, 2.24) is 0 Å². The summed E-state index contributed by atoms with van der Waals surface area (Å²) in [5.41, 5.74) is 16.1. The van der Waals surface area contributed by atoms with Gasteiger partial charge in [0.1, 0.15) is 0 Å². The van der Waals surface area contributed by atoms with E-state index in [2.05, 4.69) is 196 Å². The third kappa shape index (κ3) is 6.69. The number of hydrogen-bond acceptors (Lipinski definition) is 1. The van der Waals surface area contributed by atoms with Gasteiger partial charge in [-0.3, -0.25) is 5.41 Å². The first-order chi connectivity index (χ1) is 28.9. The van der Waals surface area contributed by atoms with E-state index in [1.807, 2.05) is 30.3 Å². The van der Waals surface area contributed by atoms with Crippen molar-refractivity contribution < 1.29 is 0 Å². The third-order valence-electron chi connectivity index (χ3n) is 12.0. The van der Waals surface area contributed by atoms with Gasteiger partial charge in [0.25, 0.3) is 0 Å². The Morgan fingerprint density at radius 2 is 1.07 bits per heavy atom. The van der Waals surface area contributed by atoms with E-state index in [0.717, 1.165) is 33.4 Å². The van der Waals surface area contributed by atoms with Crippen LogP contribution in [-0.2, 0) is 5.41 Å². The van der Waals surface area contributed by atoms with E-state index in [9.17, 15) is 0 Å². The van der Waals surface area contributed by atoms with Crippen LogP contribution in [0.5, 0.6) is 0 Å². The minimum Gasteiger partial charge on any atom is -0.282 e. The lowest BCUT2D eigenvalue weighted by Gasteiger charge is -2.22. The van der Waals surface area contributed by atoms with Gasteiger partial charge in [0, 0.05) is 16.5 Å². The highest BCUT2D eigenvalue weighted by atomic mass is 14.8. The molecule has 1 aliphatic carbocycles. The van der Waals surface area contributed by atoms with Crippen LogP contribution in [0, 0.1) is 5.41 Å². The Bertz CT molecular complexity index is 3130. The molecule has 0 spiro atoms. The molecule has 0 aliphatic heterocycles. The molecule has 0 saturated carbocycles. The zero-order chi connectivity index (χ0) is 39.9. The number of rotatable bonds is 7. The molecule has 0 aromatic heterocycles. The van der Waals surface area contributed by atoms with Crippen LogP contribution in [0.1, 0.15) is 41.7 Å². The second kappa shape index (κ2) is 14.8. The van der Waals surface area contributed by atoms with Crippen molar-refractivity contribution in [3.63, 3.8) is 0 Å². The van der Waals surface area contributed by atoms with E-state index in [0.29, 0.717) is 0 Å². The molecular formula is C57H42N2. The van der Waals surface area contributed by atoms with E-state index in [1.165, 1.54) is 66.2 Å². The lowest BCUT2D eigenvalue weighted by Crippen LogP contribution is -2.14. The van der Waals surface area contributed by atoms with Crippen LogP contribution in [0.2, 0.25) is 0 Å². The van der Waals surface area contributed by atoms with Gasteiger partial charge in [0.05, 0.1) is 5.71 Å². The molecule has 2 nitrogen and oxygen atoms in total. The highest BCUT2D eigenvalue weighted by Gasteiger charge is 2.35. The Labute approximate surface area is 346 Å². The van der Waals surface area contributed by atoms with Crippen molar-refractivity contribution in [2.75, 3.05) is 0 Å². The summed E-state index contributed by atoms with van der Waals surface area (Å²) in [4.78, 5) is 4.91. The van der Waals surface area contributed by atoms with Crippen LogP contribution in [0.3, 0.4) is 0 Å². The number of amidine groups is 1. The van der Waals surface area contributed by atoms with E-state index in [1.54, 1.807) is 0 Å². The maximum Gasteiger partial charge on any atom is 0.152 e. The van der Waals surface area contributed by atoms with E-state index in [-0.39, 0.29) is 11.3 Å². The zero-order valence-electron chi connectivity index (χ0n) is 33.2. The van der Waals surface area contributed by atoms with Gasteiger partial charge in [-0.15, -0.1) is 0 Å². The van der Waals surface area contributed by atoms with E-state index < -0.39 is 0 Å². The molecule has 59 heavy (non-hydrogen) atoms. The molecule has 0 radical (unpaired) electrons. The van der Waals surface area contributed by atoms with E-state index in [4.69, 9.17) is 10.4 Å². The molecule has 9 aromatic rings. The topological polar surface area (TPSA) is 36.2 Å². The predicted octanol–water partition coefficient (Wildman–Crippen LogP) is 14.8. The van der Waals surface area contributed by atoms with Crippen molar-refractivity contribution in [2.45, 2.75) is 19.3 Å². The minimum atomic E-state index is -0.0488. The summed E-state index contributed by atoms with van der Waals surface area (Å²) in [7, 11) is 0. The van der Waals surface area contributed by atoms with Gasteiger partial charge in [-0.1, -0.05) is 202 Å². The van der Waals surface area contributed by atoms with Crippen molar-refractivity contribution in [3.8, 4) is 44.5 Å². The SMILES string of the molecule is CC1(C)c2ccccc2-c2ccc(-c3cccc(-c4ccc(/C=C/C(=NC(=N)c5ccccc5)c5ccc(-c6ccc7ccccc7c6)cc5)c5ccccc45)c3)cc21. The first-order valence-electron chi connectivity index (χ1n) is 20.3. The normalized spacial score (nSPS) is 13.2. The smallest absolute Gasteiger partial charge is 0.152 e. The standard InChI is InChI=1S/C57H42N2/c1-57(2)53-22-11-10-21-51(53)52-33-30-46(37-54(52)57)44-17-12-18-47(36-44)49-32-29-40(48-19-8-9-20-50(48)49)31-34-55(59-56(58)42-14-4-3-5-15-42)41-26-23-39(24-27-41)45-28-25-38-13-6-7-16-43(38)35-45/h3-37,58H,1-2H3/b34-31+,58-56?,59-55?. The number of benzene rings is 9. The summed E-state index contributed by atoms with van der Waals surface area (Å²) >= 11 is 0. The second-order valence-electron chi connectivity index (χ2n) is 15.9. The van der Waals surface area contributed by atoms with Crippen LogP contribution in [0.15, 0.2) is 211 Å². The molecule has 0 atom stereocenters. The lowest BCUT2D eigenvalue weighted by molar-refractivity contribution is 0.660. The average molecular weight is 755 g/mol. The zero-order valence-corrected chi connectivity index (χ0v) is 33.2. The van der Waals surface area contributed by atoms with Gasteiger partial charge >= 0.3 is 0 Å². The summed E-state index contributed by atoms with van der Waals surface area (Å²) in [6.07, 6.45) is 4.19. The summed E-state index contributed by atoms with van der Waals surface area (Å²) in [5.74, 6) is 0.223. The minimum absolute atomic E-state index is 0.0488. The van der Waals surface area contributed by atoms with Crippen molar-refractivity contribution in [1.29, 1.82) is 5.41 Å². The van der Waals surface area contributed by atoms with Crippen LogP contribution >= 0.6 is 0 Å². The Balaban J connectivity index is 0.993. The summed E-state index contributed by atoms with van der Waals surface area (Å²) in [5, 5.41) is 13.7. The highest BCUT2D eigenvalue weighted by molar-refractivity contribution is 6.18. The van der Waals surface area contributed by atoms with Crippen molar-refractivity contribution in [3.05, 3.63) is 234 Å². The number of hydrogen-bond donors (Lipinski definition) is 1. The number of aliphatic imine (C=N–C) groups is 1. The molecule has 10 rings (SSSR count). The maximum atomic E-state index is 8.94. The molecule has 9 aromatic carbocycles. The van der Waals surface area contributed by atoms with Crippen LogP contribution < -0.4 is 0 Å². The molecule has 0 heterocycles. The van der Waals surface area contributed by atoms with Gasteiger partial charge in [0.2, 0.25) is 0 Å². The fourth-order valence-electron chi connectivity index (χ4n) is 8.82. The molecule has 280 valence electrons. The number of allylic oxidation sites excluding steroid dienone is 1. The van der Waals surface area contributed by atoms with Crippen LogP contribution in [-0.4, -0.2) is 11.5 Å². The molecule has 0 bridgehead atoms. The highest BCUT2D eigenvalue weighted by Crippen LogP contribution is 2.49. The summed E-state index contributed by atoms with van der Waals surface area (Å²) in [6.45, 7) is 4.68. The van der Waals surface area contributed by atoms with Crippen molar-refractivity contribution in [2.24, 2.45) is 4.99 Å². The second-order valence-corrected chi connectivity index (χ2v) is 15.9. The molecule has 0 amide bonds. The quantitative estimate of drug-likeness (QED) is 0.124.